The molecular weight excluding hydrogens is 194 g/mol. The molecule has 0 aromatic heterocycles. The van der Waals surface area contributed by atoms with Crippen molar-refractivity contribution >= 4 is 0 Å². The molecule has 0 heterocycles. The predicted octanol–water partition coefficient (Wildman–Crippen LogP) is 2.96. The Labute approximate surface area is 98.3 Å². The van der Waals surface area contributed by atoms with Gasteiger partial charge in [0.25, 0.3) is 0 Å². The number of benzene rings is 1. The van der Waals surface area contributed by atoms with Crippen LogP contribution < -0.4 is 5.32 Å². The Kier molecular flexibility index (Phi) is 2.16. The standard InChI is InChI=1S/C15H21N/c1-4-15(2)13-11-8-6-5-7-10(11)9-12(13)14(15)16-3/h5-8,12-14,16H,4,9H2,1-3H3. The van der Waals surface area contributed by atoms with Crippen LogP contribution >= 0.6 is 0 Å². The lowest BCUT2D eigenvalue weighted by Gasteiger charge is -2.58. The summed E-state index contributed by atoms with van der Waals surface area (Å²) in [5.41, 5.74) is 3.68. The van der Waals surface area contributed by atoms with Crippen molar-refractivity contribution in [1.29, 1.82) is 0 Å². The van der Waals surface area contributed by atoms with Crippen molar-refractivity contribution in [2.24, 2.45) is 11.3 Å². The van der Waals surface area contributed by atoms with Crippen LogP contribution in [0.4, 0.5) is 0 Å². The molecule has 0 saturated heterocycles. The van der Waals surface area contributed by atoms with E-state index in [-0.39, 0.29) is 0 Å². The topological polar surface area (TPSA) is 12.0 Å². The molecule has 0 bridgehead atoms. The molecule has 0 aliphatic heterocycles. The van der Waals surface area contributed by atoms with Crippen molar-refractivity contribution in [2.75, 3.05) is 7.05 Å². The molecular formula is C15H21N. The average Bonchev–Trinajstić information content (AvgIpc) is 2.64. The quantitative estimate of drug-likeness (QED) is 0.800. The van der Waals surface area contributed by atoms with Gasteiger partial charge in [0.1, 0.15) is 0 Å². The third kappa shape index (κ3) is 1.05. The lowest BCUT2D eigenvalue weighted by Crippen LogP contribution is -2.61. The first-order chi connectivity index (χ1) is 7.72. The first kappa shape index (κ1) is 10.3. The number of fused-ring (bicyclic) bond motifs is 3. The Bertz CT molecular complexity index is 412. The highest BCUT2D eigenvalue weighted by atomic mass is 15.0. The van der Waals surface area contributed by atoms with Crippen LogP contribution in [0.3, 0.4) is 0 Å². The van der Waals surface area contributed by atoms with Crippen molar-refractivity contribution in [2.45, 2.75) is 38.6 Å². The van der Waals surface area contributed by atoms with Gasteiger partial charge >= 0.3 is 0 Å². The molecule has 4 atom stereocenters. The largest absolute Gasteiger partial charge is 0.316 e. The molecule has 1 aromatic carbocycles. The normalized spacial score (nSPS) is 40.1. The van der Waals surface area contributed by atoms with Gasteiger partial charge in [-0.3, -0.25) is 0 Å². The summed E-state index contributed by atoms with van der Waals surface area (Å²) >= 11 is 0. The van der Waals surface area contributed by atoms with E-state index in [0.29, 0.717) is 11.5 Å². The molecule has 1 aromatic rings. The number of rotatable bonds is 2. The van der Waals surface area contributed by atoms with Gasteiger partial charge in [0.05, 0.1) is 0 Å². The van der Waals surface area contributed by atoms with Crippen molar-refractivity contribution in [3.05, 3.63) is 35.4 Å². The van der Waals surface area contributed by atoms with Gasteiger partial charge in [-0.1, -0.05) is 38.1 Å². The van der Waals surface area contributed by atoms with E-state index in [2.05, 4.69) is 50.5 Å². The second-order valence-corrected chi connectivity index (χ2v) is 5.67. The maximum absolute atomic E-state index is 3.55. The maximum atomic E-state index is 3.55. The SMILES string of the molecule is CCC1(C)C(NC)C2Cc3ccccc3C21. The van der Waals surface area contributed by atoms with Crippen LogP contribution in [0.2, 0.25) is 0 Å². The molecule has 0 amide bonds. The smallest absolute Gasteiger partial charge is 0.0161 e. The third-order valence-electron chi connectivity index (χ3n) is 5.20. The molecule has 86 valence electrons. The fraction of sp³-hybridized carbons (Fsp3) is 0.600. The zero-order chi connectivity index (χ0) is 11.3. The Balaban J connectivity index is 2.02. The van der Waals surface area contributed by atoms with Gasteiger partial charge in [-0.2, -0.15) is 0 Å². The van der Waals surface area contributed by atoms with Gasteiger partial charge in [-0.15, -0.1) is 0 Å². The summed E-state index contributed by atoms with van der Waals surface area (Å²) in [5.74, 6) is 1.64. The van der Waals surface area contributed by atoms with Crippen LogP contribution in [0.1, 0.15) is 37.3 Å². The average molecular weight is 215 g/mol. The molecule has 1 saturated carbocycles. The van der Waals surface area contributed by atoms with Crippen molar-refractivity contribution in [3.63, 3.8) is 0 Å². The highest BCUT2D eigenvalue weighted by molar-refractivity contribution is 5.43. The minimum absolute atomic E-state index is 0.464. The van der Waals surface area contributed by atoms with E-state index in [4.69, 9.17) is 0 Å². The molecule has 0 spiro atoms. The van der Waals surface area contributed by atoms with E-state index < -0.39 is 0 Å². The Hall–Kier alpha value is -0.820. The Morgan fingerprint density at radius 3 is 2.81 bits per heavy atom. The fourth-order valence-electron chi connectivity index (χ4n) is 4.33. The molecule has 2 aliphatic carbocycles. The summed E-state index contributed by atoms with van der Waals surface area (Å²) in [5, 5.41) is 3.55. The number of hydrogen-bond donors (Lipinski definition) is 1. The molecule has 2 aliphatic rings. The summed E-state index contributed by atoms with van der Waals surface area (Å²) in [6.07, 6.45) is 2.55. The highest BCUT2D eigenvalue weighted by Crippen LogP contribution is 2.63. The monoisotopic (exact) mass is 215 g/mol. The van der Waals surface area contributed by atoms with E-state index in [0.717, 1.165) is 11.8 Å². The summed E-state index contributed by atoms with van der Waals surface area (Å²) < 4.78 is 0. The van der Waals surface area contributed by atoms with Crippen LogP contribution in [0.25, 0.3) is 0 Å². The zero-order valence-electron chi connectivity index (χ0n) is 10.5. The third-order valence-corrected chi connectivity index (χ3v) is 5.20. The Morgan fingerprint density at radius 2 is 2.12 bits per heavy atom. The second kappa shape index (κ2) is 3.33. The second-order valence-electron chi connectivity index (χ2n) is 5.67. The summed E-state index contributed by atoms with van der Waals surface area (Å²) in [7, 11) is 2.12. The Morgan fingerprint density at radius 1 is 1.38 bits per heavy atom. The van der Waals surface area contributed by atoms with E-state index >= 15 is 0 Å². The van der Waals surface area contributed by atoms with Crippen LogP contribution in [0, 0.1) is 11.3 Å². The van der Waals surface area contributed by atoms with Crippen molar-refractivity contribution in [3.8, 4) is 0 Å². The van der Waals surface area contributed by atoms with Gasteiger partial charge in [0.15, 0.2) is 0 Å². The van der Waals surface area contributed by atoms with Gasteiger partial charge in [-0.05, 0) is 48.3 Å². The highest BCUT2D eigenvalue weighted by Gasteiger charge is 2.60. The molecule has 1 N–H and O–H groups in total. The van der Waals surface area contributed by atoms with Gasteiger partial charge in [-0.25, -0.2) is 0 Å². The first-order valence-corrected chi connectivity index (χ1v) is 6.47. The molecule has 3 rings (SSSR count). The zero-order valence-corrected chi connectivity index (χ0v) is 10.5. The van der Waals surface area contributed by atoms with Gasteiger partial charge in [0.2, 0.25) is 0 Å². The van der Waals surface area contributed by atoms with Crippen LogP contribution in [-0.2, 0) is 6.42 Å². The molecule has 1 nitrogen and oxygen atoms in total. The van der Waals surface area contributed by atoms with E-state index in [9.17, 15) is 0 Å². The minimum Gasteiger partial charge on any atom is -0.316 e. The van der Waals surface area contributed by atoms with E-state index in [1.807, 2.05) is 0 Å². The summed E-state index contributed by atoms with van der Waals surface area (Å²) in [6, 6.07) is 9.75. The summed E-state index contributed by atoms with van der Waals surface area (Å²) in [6.45, 7) is 4.79. The lowest BCUT2D eigenvalue weighted by molar-refractivity contribution is -0.0138. The van der Waals surface area contributed by atoms with Gasteiger partial charge in [0, 0.05) is 6.04 Å². The molecule has 0 radical (unpaired) electrons. The predicted molar refractivity (Wildman–Crippen MR) is 67.6 cm³/mol. The molecule has 1 fully saturated rings. The summed E-state index contributed by atoms with van der Waals surface area (Å²) in [4.78, 5) is 0. The van der Waals surface area contributed by atoms with E-state index in [1.165, 1.54) is 12.8 Å². The van der Waals surface area contributed by atoms with Crippen LogP contribution in [0.15, 0.2) is 24.3 Å². The maximum Gasteiger partial charge on any atom is 0.0161 e. The lowest BCUT2D eigenvalue weighted by atomic mass is 9.50. The van der Waals surface area contributed by atoms with Crippen LogP contribution in [-0.4, -0.2) is 13.1 Å². The van der Waals surface area contributed by atoms with Crippen molar-refractivity contribution in [1.82, 2.24) is 5.32 Å². The molecule has 1 heteroatoms. The minimum atomic E-state index is 0.464. The van der Waals surface area contributed by atoms with Gasteiger partial charge < -0.3 is 5.32 Å². The first-order valence-electron chi connectivity index (χ1n) is 6.47. The van der Waals surface area contributed by atoms with Crippen molar-refractivity contribution < 1.29 is 0 Å². The molecule has 4 unspecified atom stereocenters. The van der Waals surface area contributed by atoms with E-state index in [1.54, 1.807) is 11.1 Å². The van der Waals surface area contributed by atoms with Crippen LogP contribution in [0.5, 0.6) is 0 Å². The molecule has 16 heavy (non-hydrogen) atoms. The number of nitrogens with one attached hydrogen (secondary N) is 1. The number of hydrogen-bond acceptors (Lipinski definition) is 1. The fourth-order valence-corrected chi connectivity index (χ4v) is 4.33.